The molecule has 22 heavy (non-hydrogen) atoms. The average Bonchev–Trinajstić information content (AvgIpc) is 3.05. The molecule has 1 unspecified atom stereocenters. The number of aromatic amines is 1. The maximum absolute atomic E-state index is 12.9. The van der Waals surface area contributed by atoms with Crippen LogP contribution in [-0.4, -0.2) is 35.0 Å². The second-order valence-corrected chi connectivity index (χ2v) is 5.32. The van der Waals surface area contributed by atoms with Gasteiger partial charge >= 0.3 is 6.18 Å². The lowest BCUT2D eigenvalue weighted by Crippen LogP contribution is -2.37. The van der Waals surface area contributed by atoms with Crippen LogP contribution in [0.4, 0.5) is 13.2 Å². The van der Waals surface area contributed by atoms with Crippen LogP contribution in [0.1, 0.15) is 17.8 Å². The molecule has 1 saturated heterocycles. The van der Waals surface area contributed by atoms with Gasteiger partial charge in [0, 0.05) is 12.6 Å². The monoisotopic (exact) mass is 312 g/mol. The summed E-state index contributed by atoms with van der Waals surface area (Å²) in [6, 6.07) is 3.89. The number of aromatic nitrogens is 2. The van der Waals surface area contributed by atoms with Crippen LogP contribution >= 0.6 is 0 Å². The number of halogens is 3. The van der Waals surface area contributed by atoms with Gasteiger partial charge in [-0.2, -0.15) is 13.2 Å². The molecule has 0 bridgehead atoms. The van der Waals surface area contributed by atoms with Crippen LogP contribution in [0.25, 0.3) is 11.0 Å². The molecular formula is C14H15F3N4O. The quantitative estimate of drug-likeness (QED) is 0.806. The van der Waals surface area contributed by atoms with E-state index in [9.17, 15) is 18.0 Å². The van der Waals surface area contributed by atoms with Crippen molar-refractivity contribution in [2.75, 3.05) is 13.1 Å². The van der Waals surface area contributed by atoms with Gasteiger partial charge in [-0.15, -0.1) is 0 Å². The Hall–Kier alpha value is -2.09. The lowest BCUT2D eigenvalue weighted by molar-refractivity contribution is -0.136. The third-order valence-corrected chi connectivity index (χ3v) is 3.62. The van der Waals surface area contributed by atoms with E-state index in [0.717, 1.165) is 19.0 Å². The summed E-state index contributed by atoms with van der Waals surface area (Å²) in [4.78, 5) is 18.6. The normalized spacial score (nSPS) is 18.8. The number of H-pyrrole nitrogens is 1. The zero-order valence-corrected chi connectivity index (χ0v) is 11.6. The molecule has 118 valence electrons. The highest BCUT2D eigenvalue weighted by Gasteiger charge is 2.33. The van der Waals surface area contributed by atoms with Gasteiger partial charge in [0.1, 0.15) is 11.3 Å². The molecule has 0 saturated carbocycles. The number of para-hydroxylation sites is 1. The Morgan fingerprint density at radius 3 is 2.91 bits per heavy atom. The smallest absolute Gasteiger partial charge is 0.352 e. The highest BCUT2D eigenvalue weighted by atomic mass is 19.4. The number of nitrogens with one attached hydrogen (secondary N) is 3. The van der Waals surface area contributed by atoms with E-state index in [1.807, 2.05) is 0 Å². The molecule has 0 aliphatic carbocycles. The maximum Gasteiger partial charge on any atom is 0.418 e. The van der Waals surface area contributed by atoms with Crippen molar-refractivity contribution in [3.63, 3.8) is 0 Å². The van der Waals surface area contributed by atoms with Crippen LogP contribution in [-0.2, 0) is 17.4 Å². The molecule has 0 radical (unpaired) electrons. The lowest BCUT2D eigenvalue weighted by Gasteiger charge is -2.10. The van der Waals surface area contributed by atoms with Crippen molar-refractivity contribution in [3.8, 4) is 0 Å². The van der Waals surface area contributed by atoms with Crippen LogP contribution < -0.4 is 10.6 Å². The zero-order valence-electron chi connectivity index (χ0n) is 11.6. The highest BCUT2D eigenvalue weighted by Crippen LogP contribution is 2.33. The second kappa shape index (κ2) is 5.60. The standard InChI is InChI=1S/C14H15F3N4O/c15-14(16,17)9-2-1-3-10-13(9)21-11(20-10)6-12(22)19-8-4-5-18-7-8/h1-3,8,18H,4-7H2,(H,19,22)(H,20,21). The third kappa shape index (κ3) is 3.06. The number of rotatable bonds is 3. The number of fused-ring (bicyclic) bond motifs is 1. The summed E-state index contributed by atoms with van der Waals surface area (Å²) < 4.78 is 38.8. The van der Waals surface area contributed by atoms with Crippen molar-refractivity contribution in [2.24, 2.45) is 0 Å². The largest absolute Gasteiger partial charge is 0.418 e. The summed E-state index contributed by atoms with van der Waals surface area (Å²) >= 11 is 0. The number of amides is 1. The van der Waals surface area contributed by atoms with Crippen molar-refractivity contribution in [1.29, 1.82) is 0 Å². The number of carbonyl (C=O) groups is 1. The number of alkyl halides is 3. The number of nitrogens with zero attached hydrogens (tertiary/aromatic N) is 1. The molecule has 1 aromatic carbocycles. The predicted molar refractivity (Wildman–Crippen MR) is 74.2 cm³/mol. The minimum absolute atomic E-state index is 0.0670. The van der Waals surface area contributed by atoms with E-state index < -0.39 is 11.7 Å². The van der Waals surface area contributed by atoms with E-state index in [2.05, 4.69) is 20.6 Å². The number of imidazole rings is 1. The minimum atomic E-state index is -4.47. The molecule has 3 N–H and O–H groups in total. The molecule has 5 nitrogen and oxygen atoms in total. The first kappa shape index (κ1) is 14.8. The molecule has 1 aliphatic heterocycles. The Bertz CT molecular complexity index is 689. The molecule has 1 aliphatic rings. The van der Waals surface area contributed by atoms with E-state index in [4.69, 9.17) is 0 Å². The van der Waals surface area contributed by atoms with Gasteiger partial charge in [0.15, 0.2) is 0 Å². The molecule has 2 heterocycles. The molecule has 1 amide bonds. The van der Waals surface area contributed by atoms with Crippen molar-refractivity contribution in [3.05, 3.63) is 29.6 Å². The summed E-state index contributed by atoms with van der Waals surface area (Å²) in [6.45, 7) is 1.56. The lowest BCUT2D eigenvalue weighted by atomic mass is 10.2. The first-order valence-electron chi connectivity index (χ1n) is 6.98. The van der Waals surface area contributed by atoms with Gasteiger partial charge in [0.05, 0.1) is 17.5 Å². The molecule has 1 fully saturated rings. The molecule has 3 rings (SSSR count). The molecule has 0 spiro atoms. The van der Waals surface area contributed by atoms with Crippen LogP contribution in [0.5, 0.6) is 0 Å². The van der Waals surface area contributed by atoms with Crippen molar-refractivity contribution < 1.29 is 18.0 Å². The summed E-state index contributed by atoms with van der Waals surface area (Å²) in [5.41, 5.74) is -0.673. The number of hydrogen-bond acceptors (Lipinski definition) is 3. The van der Waals surface area contributed by atoms with Gasteiger partial charge in [-0.1, -0.05) is 6.07 Å². The van der Waals surface area contributed by atoms with E-state index in [1.54, 1.807) is 0 Å². The van der Waals surface area contributed by atoms with Crippen LogP contribution in [0.3, 0.4) is 0 Å². The third-order valence-electron chi connectivity index (χ3n) is 3.62. The Morgan fingerprint density at radius 1 is 1.41 bits per heavy atom. The Morgan fingerprint density at radius 2 is 2.23 bits per heavy atom. The van der Waals surface area contributed by atoms with Gasteiger partial charge in [0.2, 0.25) is 5.91 Å². The van der Waals surface area contributed by atoms with E-state index >= 15 is 0 Å². The number of benzene rings is 1. The SMILES string of the molecule is O=C(Cc1nc2c(C(F)(F)F)cccc2[nH]1)NC1CCNC1. The van der Waals surface area contributed by atoms with Crippen molar-refractivity contribution in [1.82, 2.24) is 20.6 Å². The van der Waals surface area contributed by atoms with E-state index in [-0.39, 0.29) is 35.2 Å². The van der Waals surface area contributed by atoms with Crippen molar-refractivity contribution in [2.45, 2.75) is 25.1 Å². The number of hydrogen-bond donors (Lipinski definition) is 3. The first-order valence-corrected chi connectivity index (χ1v) is 6.98. The molecule has 2 aromatic rings. The molecule has 8 heteroatoms. The Kier molecular flexibility index (Phi) is 3.78. The zero-order chi connectivity index (χ0) is 15.7. The van der Waals surface area contributed by atoms with Gasteiger partial charge < -0.3 is 15.6 Å². The van der Waals surface area contributed by atoms with Crippen molar-refractivity contribution >= 4 is 16.9 Å². The van der Waals surface area contributed by atoms with Gasteiger partial charge in [-0.25, -0.2) is 4.98 Å². The fraction of sp³-hybridized carbons (Fsp3) is 0.429. The Labute approximate surface area is 124 Å². The predicted octanol–water partition coefficient (Wildman–Crippen LogP) is 1.60. The van der Waals surface area contributed by atoms with Gasteiger partial charge in [-0.05, 0) is 25.1 Å². The molecule has 1 aromatic heterocycles. The van der Waals surface area contributed by atoms with Crippen LogP contribution in [0.15, 0.2) is 18.2 Å². The fourth-order valence-corrected chi connectivity index (χ4v) is 2.60. The van der Waals surface area contributed by atoms with Gasteiger partial charge in [-0.3, -0.25) is 4.79 Å². The Balaban J connectivity index is 1.78. The molecular weight excluding hydrogens is 297 g/mol. The fourth-order valence-electron chi connectivity index (χ4n) is 2.60. The highest BCUT2D eigenvalue weighted by molar-refractivity contribution is 5.82. The molecule has 1 atom stereocenters. The first-order chi connectivity index (χ1) is 10.4. The topological polar surface area (TPSA) is 69.8 Å². The van der Waals surface area contributed by atoms with Crippen LogP contribution in [0, 0.1) is 0 Å². The summed E-state index contributed by atoms with van der Waals surface area (Å²) in [7, 11) is 0. The summed E-state index contributed by atoms with van der Waals surface area (Å²) in [5.74, 6) is -0.0172. The van der Waals surface area contributed by atoms with Gasteiger partial charge in [0.25, 0.3) is 0 Å². The minimum Gasteiger partial charge on any atom is -0.352 e. The second-order valence-electron chi connectivity index (χ2n) is 5.32. The maximum atomic E-state index is 12.9. The summed E-state index contributed by atoms with van der Waals surface area (Å²) in [5, 5.41) is 5.96. The average molecular weight is 312 g/mol. The summed E-state index contributed by atoms with van der Waals surface area (Å²) in [6.07, 6.45) is -3.68. The van der Waals surface area contributed by atoms with Crippen LogP contribution in [0.2, 0.25) is 0 Å². The number of carbonyl (C=O) groups excluding carboxylic acids is 1. The van der Waals surface area contributed by atoms with E-state index in [1.165, 1.54) is 12.1 Å². The van der Waals surface area contributed by atoms with E-state index in [0.29, 0.717) is 6.54 Å².